The maximum absolute atomic E-state index is 11.2. The summed E-state index contributed by atoms with van der Waals surface area (Å²) >= 11 is 16.8. The van der Waals surface area contributed by atoms with E-state index in [0.717, 1.165) is 16.5 Å². The lowest BCUT2D eigenvalue weighted by Crippen LogP contribution is -2.30. The highest BCUT2D eigenvalue weighted by Gasteiger charge is 2.10. The number of hydrogen-bond acceptors (Lipinski definition) is 1. The molecule has 0 fully saturated rings. The fraction of sp³-hybridized carbons (Fsp3) is 0.250. The normalized spacial score (nSPS) is 11.1. The summed E-state index contributed by atoms with van der Waals surface area (Å²) in [5, 5.41) is 4.40. The Morgan fingerprint density at radius 2 is 2.17 bits per heavy atom. The van der Waals surface area contributed by atoms with Gasteiger partial charge in [-0.25, -0.2) is 0 Å². The number of nitrogens with one attached hydrogen (secondary N) is 2. The molecule has 0 aliphatic rings. The molecule has 96 valence electrons. The van der Waals surface area contributed by atoms with Crippen LogP contribution in [0.2, 0.25) is 5.02 Å². The average Bonchev–Trinajstić information content (AvgIpc) is 2.71. The lowest BCUT2D eigenvalue weighted by molar-refractivity contribution is -0.119. The van der Waals surface area contributed by atoms with Gasteiger partial charge in [-0.15, -0.1) is 0 Å². The first-order valence-electron chi connectivity index (χ1n) is 5.39. The topological polar surface area (TPSA) is 44.9 Å². The Balaban J connectivity index is 2.04. The van der Waals surface area contributed by atoms with Crippen LogP contribution in [0.3, 0.4) is 0 Å². The van der Waals surface area contributed by atoms with E-state index in [0.29, 0.717) is 18.0 Å². The number of fused-ring (bicyclic) bond motifs is 1. The maximum atomic E-state index is 11.2. The van der Waals surface area contributed by atoms with Crippen LogP contribution in [0, 0.1) is 0 Å². The van der Waals surface area contributed by atoms with E-state index < -0.39 is 4.84 Å². The molecule has 0 bridgehead atoms. The van der Waals surface area contributed by atoms with Crippen LogP contribution in [-0.2, 0) is 11.2 Å². The second kappa shape index (κ2) is 5.83. The van der Waals surface area contributed by atoms with Gasteiger partial charge in [0.05, 0.1) is 0 Å². The molecule has 1 heterocycles. The van der Waals surface area contributed by atoms with Crippen LogP contribution in [0.1, 0.15) is 5.56 Å². The van der Waals surface area contributed by atoms with Crippen LogP contribution in [0.15, 0.2) is 24.4 Å². The summed E-state index contributed by atoms with van der Waals surface area (Å²) in [6, 6.07) is 5.65. The third-order valence-corrected chi connectivity index (χ3v) is 3.25. The second-order valence-corrected chi connectivity index (χ2v) is 5.38. The zero-order valence-corrected chi connectivity index (χ0v) is 11.6. The number of carbonyl (C=O) groups is 1. The largest absolute Gasteiger partial charge is 0.361 e. The number of amides is 1. The number of rotatable bonds is 4. The van der Waals surface area contributed by atoms with Crippen molar-refractivity contribution in [3.8, 4) is 0 Å². The zero-order valence-electron chi connectivity index (χ0n) is 9.34. The summed E-state index contributed by atoms with van der Waals surface area (Å²) in [4.78, 5) is 13.3. The molecular weight excluding hydrogens is 295 g/mol. The van der Waals surface area contributed by atoms with Gasteiger partial charge < -0.3 is 10.3 Å². The Hall–Kier alpha value is -0.900. The van der Waals surface area contributed by atoms with Crippen molar-refractivity contribution < 1.29 is 4.79 Å². The van der Waals surface area contributed by atoms with E-state index in [2.05, 4.69) is 10.3 Å². The SMILES string of the molecule is O=C(NCCc1c[nH]c2ccc(Cl)cc12)C(Cl)Cl. The van der Waals surface area contributed by atoms with Gasteiger partial charge in [0.15, 0.2) is 4.84 Å². The number of alkyl halides is 2. The molecule has 0 spiro atoms. The molecule has 0 atom stereocenters. The van der Waals surface area contributed by atoms with Gasteiger partial charge in [0.2, 0.25) is 0 Å². The van der Waals surface area contributed by atoms with Gasteiger partial charge in [-0.3, -0.25) is 4.79 Å². The van der Waals surface area contributed by atoms with E-state index in [9.17, 15) is 4.79 Å². The van der Waals surface area contributed by atoms with E-state index in [1.165, 1.54) is 0 Å². The van der Waals surface area contributed by atoms with Crippen LogP contribution in [0.5, 0.6) is 0 Å². The summed E-state index contributed by atoms with van der Waals surface area (Å²) in [6.45, 7) is 0.480. The summed E-state index contributed by atoms with van der Waals surface area (Å²) in [5.41, 5.74) is 2.11. The first-order valence-corrected chi connectivity index (χ1v) is 6.64. The zero-order chi connectivity index (χ0) is 13.1. The van der Waals surface area contributed by atoms with Crippen molar-refractivity contribution in [2.45, 2.75) is 11.3 Å². The van der Waals surface area contributed by atoms with Gasteiger partial charge in [-0.1, -0.05) is 34.8 Å². The van der Waals surface area contributed by atoms with Gasteiger partial charge >= 0.3 is 0 Å². The van der Waals surface area contributed by atoms with Gasteiger partial charge in [0.25, 0.3) is 5.91 Å². The number of halogens is 3. The Morgan fingerprint density at radius 1 is 1.39 bits per heavy atom. The van der Waals surface area contributed by atoms with Crippen molar-refractivity contribution in [2.75, 3.05) is 6.54 Å². The van der Waals surface area contributed by atoms with Crippen molar-refractivity contribution in [3.63, 3.8) is 0 Å². The second-order valence-electron chi connectivity index (χ2n) is 3.85. The minimum atomic E-state index is -1.03. The highest BCUT2D eigenvalue weighted by Crippen LogP contribution is 2.22. The maximum Gasteiger partial charge on any atom is 0.253 e. The fourth-order valence-corrected chi connectivity index (χ4v) is 2.08. The lowest BCUT2D eigenvalue weighted by Gasteiger charge is -2.04. The van der Waals surface area contributed by atoms with Crippen molar-refractivity contribution in [1.29, 1.82) is 0 Å². The van der Waals surface area contributed by atoms with Crippen molar-refractivity contribution in [1.82, 2.24) is 10.3 Å². The number of aromatic nitrogens is 1. The molecular formula is C12H11Cl3N2O. The van der Waals surface area contributed by atoms with Crippen LogP contribution >= 0.6 is 34.8 Å². The third kappa shape index (κ3) is 3.10. The summed E-state index contributed by atoms with van der Waals surface area (Å²) in [6.07, 6.45) is 2.60. The van der Waals surface area contributed by atoms with E-state index in [4.69, 9.17) is 34.8 Å². The number of carbonyl (C=O) groups excluding carboxylic acids is 1. The van der Waals surface area contributed by atoms with E-state index in [1.54, 1.807) is 0 Å². The average molecular weight is 306 g/mol. The summed E-state index contributed by atoms with van der Waals surface area (Å²) in [7, 11) is 0. The molecule has 6 heteroatoms. The Labute approximate surface area is 119 Å². The molecule has 0 saturated heterocycles. The molecule has 0 saturated carbocycles. The molecule has 0 radical (unpaired) electrons. The predicted octanol–water partition coefficient (Wildman–Crippen LogP) is 3.28. The van der Waals surface area contributed by atoms with E-state index >= 15 is 0 Å². The molecule has 2 aromatic rings. The minimum Gasteiger partial charge on any atom is -0.361 e. The molecule has 1 aromatic heterocycles. The number of hydrogen-bond donors (Lipinski definition) is 2. The molecule has 0 aliphatic carbocycles. The highest BCUT2D eigenvalue weighted by atomic mass is 35.5. The van der Waals surface area contributed by atoms with Gasteiger partial charge in [0, 0.05) is 28.7 Å². The molecule has 0 aliphatic heterocycles. The van der Waals surface area contributed by atoms with Crippen LogP contribution in [0.4, 0.5) is 0 Å². The number of benzene rings is 1. The Morgan fingerprint density at radius 3 is 2.89 bits per heavy atom. The molecule has 2 rings (SSSR count). The quantitative estimate of drug-likeness (QED) is 0.837. The molecule has 1 amide bonds. The van der Waals surface area contributed by atoms with Gasteiger partial charge in [-0.2, -0.15) is 0 Å². The summed E-state index contributed by atoms with van der Waals surface area (Å²) < 4.78 is 0. The van der Waals surface area contributed by atoms with Crippen molar-refractivity contribution >= 4 is 51.6 Å². The van der Waals surface area contributed by atoms with Crippen LogP contribution in [0.25, 0.3) is 10.9 Å². The number of aromatic amines is 1. The molecule has 2 N–H and O–H groups in total. The molecule has 0 unspecified atom stereocenters. The van der Waals surface area contributed by atoms with Crippen LogP contribution < -0.4 is 5.32 Å². The van der Waals surface area contributed by atoms with Crippen LogP contribution in [-0.4, -0.2) is 22.3 Å². The number of H-pyrrole nitrogens is 1. The van der Waals surface area contributed by atoms with Crippen molar-refractivity contribution in [3.05, 3.63) is 35.0 Å². The van der Waals surface area contributed by atoms with Gasteiger partial charge in [0.1, 0.15) is 0 Å². The van der Waals surface area contributed by atoms with Crippen molar-refractivity contribution in [2.24, 2.45) is 0 Å². The highest BCUT2D eigenvalue weighted by molar-refractivity contribution is 6.53. The first kappa shape index (κ1) is 13.5. The third-order valence-electron chi connectivity index (χ3n) is 2.62. The standard InChI is InChI=1S/C12H11Cl3N2O/c13-8-1-2-10-9(5-8)7(6-17-10)3-4-16-12(18)11(14)15/h1-2,5-6,11,17H,3-4H2,(H,16,18). The molecule has 1 aromatic carbocycles. The lowest BCUT2D eigenvalue weighted by atomic mass is 10.1. The Bertz CT molecular complexity index is 565. The monoisotopic (exact) mass is 304 g/mol. The Kier molecular flexibility index (Phi) is 4.38. The van der Waals surface area contributed by atoms with Gasteiger partial charge in [-0.05, 0) is 30.2 Å². The minimum absolute atomic E-state index is 0.379. The summed E-state index contributed by atoms with van der Waals surface area (Å²) in [5.74, 6) is -0.379. The molecule has 3 nitrogen and oxygen atoms in total. The first-order chi connectivity index (χ1) is 8.58. The van der Waals surface area contributed by atoms with E-state index in [1.807, 2.05) is 24.4 Å². The smallest absolute Gasteiger partial charge is 0.253 e. The predicted molar refractivity (Wildman–Crippen MR) is 75.5 cm³/mol. The fourth-order valence-electron chi connectivity index (χ4n) is 1.75. The molecule has 18 heavy (non-hydrogen) atoms. The van der Waals surface area contributed by atoms with E-state index in [-0.39, 0.29) is 5.91 Å².